The second kappa shape index (κ2) is 8.33. The van der Waals surface area contributed by atoms with Crippen LogP contribution in [0.2, 0.25) is 0 Å². The number of anilines is 1. The second-order valence-electron chi connectivity index (χ2n) is 8.98. The first kappa shape index (κ1) is 21.9. The molecule has 152 valence electrons. The molecule has 0 saturated carbocycles. The van der Waals surface area contributed by atoms with E-state index in [1.807, 2.05) is 32.9 Å². The number of hydrogen-bond acceptors (Lipinski definition) is 4. The molecule has 1 atom stereocenters. The van der Waals surface area contributed by atoms with Crippen molar-refractivity contribution in [3.05, 3.63) is 65.2 Å². The Morgan fingerprint density at radius 1 is 0.964 bits per heavy atom. The molecule has 28 heavy (non-hydrogen) atoms. The topological polar surface area (TPSA) is 70.0 Å². The van der Waals surface area contributed by atoms with Gasteiger partial charge in [0, 0.05) is 12.2 Å². The van der Waals surface area contributed by atoms with E-state index in [-0.39, 0.29) is 11.0 Å². The highest BCUT2D eigenvalue weighted by atomic mass is 16.6. The number of hydrogen-bond donors (Lipinski definition) is 2. The lowest BCUT2D eigenvalue weighted by molar-refractivity contribution is -0.165. The van der Waals surface area contributed by atoms with Crippen molar-refractivity contribution in [2.45, 2.75) is 65.5 Å². The summed E-state index contributed by atoms with van der Waals surface area (Å²) >= 11 is 0. The predicted molar refractivity (Wildman–Crippen MR) is 112 cm³/mol. The lowest BCUT2D eigenvalue weighted by Crippen LogP contribution is -2.41. The number of ether oxygens (including phenoxy) is 1. The zero-order valence-electron chi connectivity index (χ0n) is 17.6. The van der Waals surface area contributed by atoms with Crippen LogP contribution in [-0.4, -0.2) is 28.2 Å². The van der Waals surface area contributed by atoms with Crippen LogP contribution in [0.15, 0.2) is 48.5 Å². The lowest BCUT2D eigenvalue weighted by atomic mass is 9.87. The van der Waals surface area contributed by atoms with Crippen molar-refractivity contribution in [2.24, 2.45) is 0 Å². The number of carboxylic acid groups (broad SMARTS) is 1. The smallest absolute Gasteiger partial charge is 0.335 e. The SMILES string of the molecule is CC(C)(C)OC(O)N(Cc1ccc(C(=O)O)cc1)c1ccc(C(C)(C)C)cc1. The summed E-state index contributed by atoms with van der Waals surface area (Å²) < 4.78 is 5.77. The number of nitrogens with zero attached hydrogens (tertiary/aromatic N) is 1. The van der Waals surface area contributed by atoms with Crippen LogP contribution < -0.4 is 4.90 Å². The standard InChI is InChI=1S/C23H31NO4/c1-22(2,3)18-11-13-19(14-12-18)24(21(27)28-23(4,5)6)15-16-7-9-17(10-8-16)20(25)26/h7-14,21,27H,15H2,1-6H3,(H,25,26). The highest BCUT2D eigenvalue weighted by Gasteiger charge is 2.24. The molecule has 2 aromatic carbocycles. The molecule has 0 amide bonds. The van der Waals surface area contributed by atoms with Gasteiger partial charge in [-0.1, -0.05) is 45.0 Å². The van der Waals surface area contributed by atoms with Gasteiger partial charge < -0.3 is 19.8 Å². The summed E-state index contributed by atoms with van der Waals surface area (Å²) in [5.74, 6) is -0.961. The maximum atomic E-state index is 11.1. The Labute approximate surface area is 167 Å². The number of aromatic carboxylic acids is 1. The highest BCUT2D eigenvalue weighted by Crippen LogP contribution is 2.27. The molecule has 5 heteroatoms. The summed E-state index contributed by atoms with van der Waals surface area (Å²) in [4.78, 5) is 12.8. The van der Waals surface area contributed by atoms with E-state index in [1.54, 1.807) is 29.2 Å². The molecule has 0 aliphatic rings. The van der Waals surface area contributed by atoms with Crippen molar-refractivity contribution in [3.8, 4) is 0 Å². The molecule has 0 fully saturated rings. The molecule has 0 saturated heterocycles. The van der Waals surface area contributed by atoms with E-state index >= 15 is 0 Å². The minimum Gasteiger partial charge on any atom is -0.478 e. The normalized spacial score (nSPS) is 13.2. The fraction of sp³-hybridized carbons (Fsp3) is 0.435. The van der Waals surface area contributed by atoms with Crippen LogP contribution in [0.25, 0.3) is 0 Å². The van der Waals surface area contributed by atoms with E-state index in [4.69, 9.17) is 9.84 Å². The van der Waals surface area contributed by atoms with E-state index in [9.17, 15) is 9.90 Å². The Morgan fingerprint density at radius 2 is 1.50 bits per heavy atom. The Morgan fingerprint density at radius 3 is 1.93 bits per heavy atom. The quantitative estimate of drug-likeness (QED) is 0.700. The predicted octanol–water partition coefficient (Wildman–Crippen LogP) is 4.78. The number of aliphatic hydroxyl groups is 1. The molecule has 0 aliphatic carbocycles. The Kier molecular flexibility index (Phi) is 6.52. The molecule has 0 radical (unpaired) electrons. The lowest BCUT2D eigenvalue weighted by Gasteiger charge is -2.34. The van der Waals surface area contributed by atoms with E-state index < -0.39 is 18.0 Å². The number of aliphatic hydroxyl groups excluding tert-OH is 1. The summed E-state index contributed by atoms with van der Waals surface area (Å²) in [6, 6.07) is 14.7. The third-order valence-electron chi connectivity index (χ3n) is 4.34. The van der Waals surface area contributed by atoms with Gasteiger partial charge in [-0.05, 0) is 61.6 Å². The third kappa shape index (κ3) is 6.08. The molecule has 0 aromatic heterocycles. The Hall–Kier alpha value is -2.37. The summed E-state index contributed by atoms with van der Waals surface area (Å²) in [5.41, 5.74) is 2.66. The van der Waals surface area contributed by atoms with Crippen LogP contribution in [0.4, 0.5) is 5.69 Å². The molecule has 0 heterocycles. The highest BCUT2D eigenvalue weighted by molar-refractivity contribution is 5.87. The maximum absolute atomic E-state index is 11.1. The minimum absolute atomic E-state index is 0.0382. The van der Waals surface area contributed by atoms with Gasteiger partial charge in [-0.15, -0.1) is 0 Å². The molecule has 0 bridgehead atoms. The van der Waals surface area contributed by atoms with Crippen molar-refractivity contribution in [1.29, 1.82) is 0 Å². The van der Waals surface area contributed by atoms with Gasteiger partial charge in [0.25, 0.3) is 0 Å². The third-order valence-corrected chi connectivity index (χ3v) is 4.34. The maximum Gasteiger partial charge on any atom is 0.335 e. The molecular formula is C23H31NO4. The van der Waals surface area contributed by atoms with Crippen LogP contribution in [0.5, 0.6) is 0 Å². The van der Waals surface area contributed by atoms with Gasteiger partial charge in [-0.3, -0.25) is 0 Å². The van der Waals surface area contributed by atoms with Gasteiger partial charge >= 0.3 is 5.97 Å². The number of benzene rings is 2. The van der Waals surface area contributed by atoms with Crippen LogP contribution in [0.3, 0.4) is 0 Å². The molecule has 5 nitrogen and oxygen atoms in total. The largest absolute Gasteiger partial charge is 0.478 e. The summed E-state index contributed by atoms with van der Waals surface area (Å²) in [6.07, 6.45) is -1.14. The van der Waals surface area contributed by atoms with Crippen LogP contribution in [0, 0.1) is 0 Å². The monoisotopic (exact) mass is 385 g/mol. The molecule has 2 rings (SSSR count). The number of carbonyl (C=O) groups is 1. The van der Waals surface area contributed by atoms with Gasteiger partial charge in [0.1, 0.15) is 0 Å². The van der Waals surface area contributed by atoms with E-state index in [1.165, 1.54) is 5.56 Å². The zero-order chi connectivity index (χ0) is 21.1. The minimum atomic E-state index is -1.14. The van der Waals surface area contributed by atoms with Crippen LogP contribution in [0.1, 0.15) is 63.0 Å². The Balaban J connectivity index is 2.32. The fourth-order valence-corrected chi connectivity index (χ4v) is 2.78. The average Bonchev–Trinajstić information content (AvgIpc) is 2.58. The fourth-order valence-electron chi connectivity index (χ4n) is 2.78. The summed E-state index contributed by atoms with van der Waals surface area (Å²) in [5, 5.41) is 19.8. The molecule has 2 aromatic rings. The summed E-state index contributed by atoms with van der Waals surface area (Å²) in [6.45, 7) is 12.5. The van der Waals surface area contributed by atoms with Crippen LogP contribution >= 0.6 is 0 Å². The van der Waals surface area contributed by atoms with Gasteiger partial charge in [-0.25, -0.2) is 4.79 Å². The van der Waals surface area contributed by atoms with Crippen molar-refractivity contribution in [2.75, 3.05) is 4.90 Å². The first-order valence-corrected chi connectivity index (χ1v) is 9.42. The van der Waals surface area contributed by atoms with E-state index in [0.717, 1.165) is 11.3 Å². The average molecular weight is 386 g/mol. The number of rotatable bonds is 6. The second-order valence-corrected chi connectivity index (χ2v) is 8.98. The van der Waals surface area contributed by atoms with E-state index in [0.29, 0.717) is 6.54 Å². The van der Waals surface area contributed by atoms with Crippen molar-refractivity contribution >= 4 is 11.7 Å². The van der Waals surface area contributed by atoms with Gasteiger partial charge in [0.2, 0.25) is 6.41 Å². The van der Waals surface area contributed by atoms with Crippen molar-refractivity contribution in [1.82, 2.24) is 0 Å². The molecule has 2 N–H and O–H groups in total. The van der Waals surface area contributed by atoms with Crippen molar-refractivity contribution < 1.29 is 19.7 Å². The van der Waals surface area contributed by atoms with Gasteiger partial charge in [-0.2, -0.15) is 0 Å². The zero-order valence-corrected chi connectivity index (χ0v) is 17.6. The van der Waals surface area contributed by atoms with E-state index in [2.05, 4.69) is 32.9 Å². The summed E-state index contributed by atoms with van der Waals surface area (Å²) in [7, 11) is 0. The molecular weight excluding hydrogens is 354 g/mol. The van der Waals surface area contributed by atoms with Crippen LogP contribution in [-0.2, 0) is 16.7 Å². The Bertz CT molecular complexity index is 783. The van der Waals surface area contributed by atoms with Gasteiger partial charge in [0.15, 0.2) is 0 Å². The molecule has 0 aliphatic heterocycles. The number of carboxylic acids is 1. The van der Waals surface area contributed by atoms with Gasteiger partial charge in [0.05, 0.1) is 11.2 Å². The first-order valence-electron chi connectivity index (χ1n) is 9.42. The first-order chi connectivity index (χ1) is 12.9. The van der Waals surface area contributed by atoms with Crippen molar-refractivity contribution in [3.63, 3.8) is 0 Å². The molecule has 0 spiro atoms. The molecule has 1 unspecified atom stereocenters.